The van der Waals surface area contributed by atoms with E-state index in [0.29, 0.717) is 5.75 Å². The molecule has 1 aromatic rings. The van der Waals surface area contributed by atoms with E-state index in [2.05, 4.69) is 15.9 Å². The lowest BCUT2D eigenvalue weighted by molar-refractivity contribution is -0.386. The van der Waals surface area contributed by atoms with Crippen LogP contribution in [0.15, 0.2) is 16.6 Å². The standard InChI is InChI=1S/C9H8BrNO4/c1-5(12)6-3-4-7(15-2)8(10)9(6)11(13)14/h3-4H,1-2H3. The summed E-state index contributed by atoms with van der Waals surface area (Å²) in [5, 5.41) is 10.8. The first-order valence-electron chi connectivity index (χ1n) is 4.00. The minimum Gasteiger partial charge on any atom is -0.495 e. The fourth-order valence-corrected chi connectivity index (χ4v) is 1.82. The maximum Gasteiger partial charge on any atom is 0.298 e. The average Bonchev–Trinajstić information content (AvgIpc) is 2.16. The molecule has 0 aliphatic heterocycles. The highest BCUT2D eigenvalue weighted by Gasteiger charge is 2.24. The Labute approximate surface area is 94.3 Å². The van der Waals surface area contributed by atoms with E-state index in [0.717, 1.165) is 0 Å². The summed E-state index contributed by atoms with van der Waals surface area (Å²) in [5.74, 6) is -0.0308. The molecular weight excluding hydrogens is 266 g/mol. The van der Waals surface area contributed by atoms with Crippen LogP contribution < -0.4 is 4.74 Å². The summed E-state index contributed by atoms with van der Waals surface area (Å²) < 4.78 is 5.09. The van der Waals surface area contributed by atoms with Crippen LogP contribution in [0.2, 0.25) is 0 Å². The van der Waals surface area contributed by atoms with Crippen LogP contribution in [-0.2, 0) is 0 Å². The van der Waals surface area contributed by atoms with Gasteiger partial charge in [0.1, 0.15) is 10.2 Å². The highest BCUT2D eigenvalue weighted by Crippen LogP contribution is 2.36. The Morgan fingerprint density at radius 3 is 2.53 bits per heavy atom. The Balaban J connectivity index is 3.51. The minimum atomic E-state index is -0.608. The molecule has 1 aromatic carbocycles. The number of Topliss-reactive ketones (excluding diaryl/α,β-unsaturated/α-hetero) is 1. The molecule has 6 heteroatoms. The number of carbonyl (C=O) groups excluding carboxylic acids is 1. The first-order chi connectivity index (χ1) is 6.99. The van der Waals surface area contributed by atoms with Crippen molar-refractivity contribution in [1.29, 1.82) is 0 Å². The number of hydrogen-bond acceptors (Lipinski definition) is 4. The Kier molecular flexibility index (Phi) is 3.41. The Morgan fingerprint density at radius 1 is 1.53 bits per heavy atom. The fraction of sp³-hybridized carbons (Fsp3) is 0.222. The largest absolute Gasteiger partial charge is 0.495 e. The van der Waals surface area contributed by atoms with Gasteiger partial charge in [-0.25, -0.2) is 0 Å². The molecule has 0 saturated heterocycles. The number of nitrogens with zero attached hydrogens (tertiary/aromatic N) is 1. The zero-order valence-electron chi connectivity index (χ0n) is 8.11. The van der Waals surface area contributed by atoms with Crippen LogP contribution in [0.3, 0.4) is 0 Å². The van der Waals surface area contributed by atoms with Gasteiger partial charge in [0, 0.05) is 0 Å². The molecular formula is C9H8BrNO4. The predicted molar refractivity (Wildman–Crippen MR) is 57.4 cm³/mol. The summed E-state index contributed by atoms with van der Waals surface area (Å²) in [6, 6.07) is 2.89. The normalized spacial score (nSPS) is 9.80. The van der Waals surface area contributed by atoms with Gasteiger partial charge in [-0.2, -0.15) is 0 Å². The zero-order valence-corrected chi connectivity index (χ0v) is 9.70. The van der Waals surface area contributed by atoms with Gasteiger partial charge in [-0.05, 0) is 35.0 Å². The third-order valence-electron chi connectivity index (χ3n) is 1.86. The third kappa shape index (κ3) is 2.15. The number of ether oxygens (including phenoxy) is 1. The molecule has 0 bridgehead atoms. The van der Waals surface area contributed by atoms with Gasteiger partial charge in [-0.1, -0.05) is 0 Å². The number of methoxy groups -OCH3 is 1. The third-order valence-corrected chi connectivity index (χ3v) is 2.63. The molecule has 0 atom stereocenters. The van der Waals surface area contributed by atoms with Gasteiger partial charge in [0.2, 0.25) is 0 Å². The van der Waals surface area contributed by atoms with Crippen LogP contribution in [0, 0.1) is 10.1 Å². The highest BCUT2D eigenvalue weighted by atomic mass is 79.9. The molecule has 0 unspecified atom stereocenters. The Bertz CT molecular complexity index is 430. The number of nitro benzene ring substituents is 1. The lowest BCUT2D eigenvalue weighted by Crippen LogP contribution is -2.02. The molecule has 0 radical (unpaired) electrons. The molecule has 0 heterocycles. The van der Waals surface area contributed by atoms with Crippen molar-refractivity contribution in [1.82, 2.24) is 0 Å². The highest BCUT2D eigenvalue weighted by molar-refractivity contribution is 9.10. The van der Waals surface area contributed by atoms with Crippen LogP contribution in [-0.4, -0.2) is 17.8 Å². The van der Waals surface area contributed by atoms with Gasteiger partial charge in [-0.15, -0.1) is 0 Å². The van der Waals surface area contributed by atoms with E-state index in [-0.39, 0.29) is 21.5 Å². The maximum absolute atomic E-state index is 11.2. The number of hydrogen-bond donors (Lipinski definition) is 0. The quantitative estimate of drug-likeness (QED) is 0.482. The molecule has 5 nitrogen and oxygen atoms in total. The molecule has 0 amide bonds. The summed E-state index contributed by atoms with van der Waals surface area (Å²) in [6.45, 7) is 1.28. The second-order valence-corrected chi connectivity index (χ2v) is 3.58. The van der Waals surface area contributed by atoms with Gasteiger partial charge in [0.15, 0.2) is 5.78 Å². The molecule has 0 N–H and O–H groups in total. The SMILES string of the molecule is COc1ccc(C(C)=O)c([N+](=O)[O-])c1Br. The molecule has 80 valence electrons. The first-order valence-corrected chi connectivity index (χ1v) is 4.80. The molecule has 0 fully saturated rings. The molecule has 1 rings (SSSR count). The minimum absolute atomic E-state index is 0.0627. The van der Waals surface area contributed by atoms with Crippen molar-refractivity contribution < 1.29 is 14.5 Å². The smallest absolute Gasteiger partial charge is 0.298 e. The number of rotatable bonds is 3. The summed E-state index contributed by atoms with van der Waals surface area (Å²) in [6.07, 6.45) is 0. The number of nitro groups is 1. The van der Waals surface area contributed by atoms with Crippen molar-refractivity contribution in [2.24, 2.45) is 0 Å². The molecule has 0 aliphatic rings. The predicted octanol–water partition coefficient (Wildman–Crippen LogP) is 2.57. The lowest BCUT2D eigenvalue weighted by Gasteiger charge is -2.05. The Morgan fingerprint density at radius 2 is 2.13 bits per heavy atom. The molecule has 15 heavy (non-hydrogen) atoms. The first kappa shape index (κ1) is 11.6. The summed E-state index contributed by atoms with van der Waals surface area (Å²) >= 11 is 3.04. The van der Waals surface area contributed by atoms with Crippen molar-refractivity contribution in [3.8, 4) is 5.75 Å². The molecule has 0 spiro atoms. The maximum atomic E-state index is 11.2. The van der Waals surface area contributed by atoms with Crippen LogP contribution in [0.5, 0.6) is 5.75 Å². The van der Waals surface area contributed by atoms with E-state index >= 15 is 0 Å². The average molecular weight is 274 g/mol. The number of benzene rings is 1. The zero-order chi connectivity index (χ0) is 11.6. The second kappa shape index (κ2) is 4.39. The van der Waals surface area contributed by atoms with Crippen molar-refractivity contribution >= 4 is 27.4 Å². The van der Waals surface area contributed by atoms with E-state index in [4.69, 9.17) is 4.74 Å². The van der Waals surface area contributed by atoms with Gasteiger partial charge in [0.05, 0.1) is 17.6 Å². The van der Waals surface area contributed by atoms with E-state index in [1.54, 1.807) is 0 Å². The van der Waals surface area contributed by atoms with Crippen molar-refractivity contribution in [3.05, 3.63) is 32.3 Å². The van der Waals surface area contributed by atoms with E-state index < -0.39 is 4.92 Å². The number of ketones is 1. The lowest BCUT2D eigenvalue weighted by atomic mass is 10.1. The summed E-state index contributed by atoms with van der Waals surface area (Å²) in [4.78, 5) is 21.3. The topological polar surface area (TPSA) is 69.4 Å². The van der Waals surface area contributed by atoms with Gasteiger partial charge in [0.25, 0.3) is 5.69 Å². The van der Waals surface area contributed by atoms with Crippen molar-refractivity contribution in [2.75, 3.05) is 7.11 Å². The summed E-state index contributed by atoms with van der Waals surface area (Å²) in [5.41, 5.74) is -0.200. The molecule has 0 aromatic heterocycles. The van der Waals surface area contributed by atoms with Crippen molar-refractivity contribution in [2.45, 2.75) is 6.92 Å². The number of halogens is 1. The van der Waals surface area contributed by atoms with Crippen LogP contribution in [0.4, 0.5) is 5.69 Å². The number of carbonyl (C=O) groups is 1. The van der Waals surface area contributed by atoms with Crippen molar-refractivity contribution in [3.63, 3.8) is 0 Å². The van der Waals surface area contributed by atoms with Gasteiger partial charge >= 0.3 is 0 Å². The van der Waals surface area contributed by atoms with Crippen LogP contribution in [0.25, 0.3) is 0 Å². The Hall–Kier alpha value is -1.43. The van der Waals surface area contributed by atoms with E-state index in [1.807, 2.05) is 0 Å². The fourth-order valence-electron chi connectivity index (χ4n) is 1.17. The van der Waals surface area contributed by atoms with Gasteiger partial charge < -0.3 is 4.74 Å². The van der Waals surface area contributed by atoms with E-state index in [1.165, 1.54) is 26.2 Å². The van der Waals surface area contributed by atoms with Crippen LogP contribution >= 0.6 is 15.9 Å². The second-order valence-electron chi connectivity index (χ2n) is 2.79. The summed E-state index contributed by atoms with van der Waals surface area (Å²) in [7, 11) is 1.40. The van der Waals surface area contributed by atoms with E-state index in [9.17, 15) is 14.9 Å². The monoisotopic (exact) mass is 273 g/mol. The van der Waals surface area contributed by atoms with Gasteiger partial charge in [-0.3, -0.25) is 14.9 Å². The molecule has 0 saturated carbocycles. The molecule has 0 aliphatic carbocycles. The van der Waals surface area contributed by atoms with Crippen LogP contribution in [0.1, 0.15) is 17.3 Å².